The lowest BCUT2D eigenvalue weighted by molar-refractivity contribution is -0.128. The van der Waals surface area contributed by atoms with Crippen LogP contribution in [0.4, 0.5) is 23.7 Å². The van der Waals surface area contributed by atoms with Gasteiger partial charge in [0.05, 0.1) is 12.0 Å². The van der Waals surface area contributed by atoms with E-state index in [1.54, 1.807) is 24.3 Å². The highest BCUT2D eigenvalue weighted by molar-refractivity contribution is 5.99. The first-order valence-corrected chi connectivity index (χ1v) is 9.32. The number of carbonyl (C=O) groups is 2. The SMILES string of the molecule is CC[C@@]1(c2cccc(NC(=O)N3CC=CC=C3C(F)(F)F)c2)CC(=O)N(C)C(N)=N1. The summed E-state index contributed by atoms with van der Waals surface area (Å²) in [5, 5.41) is 2.50. The molecule has 0 saturated heterocycles. The van der Waals surface area contributed by atoms with Crippen molar-refractivity contribution in [3.05, 3.63) is 53.8 Å². The molecule has 0 aromatic heterocycles. The molecule has 0 unspecified atom stereocenters. The first kappa shape index (κ1) is 21.4. The molecule has 0 radical (unpaired) electrons. The molecule has 3 amide bonds. The van der Waals surface area contributed by atoms with E-state index < -0.39 is 23.4 Å². The first-order valence-electron chi connectivity index (χ1n) is 9.32. The predicted molar refractivity (Wildman–Crippen MR) is 106 cm³/mol. The Hall–Kier alpha value is -3.30. The van der Waals surface area contributed by atoms with E-state index in [2.05, 4.69) is 10.3 Å². The van der Waals surface area contributed by atoms with Crippen LogP contribution in [0, 0.1) is 0 Å². The predicted octanol–water partition coefficient (Wildman–Crippen LogP) is 3.32. The average Bonchev–Trinajstić information content (AvgIpc) is 2.71. The highest BCUT2D eigenvalue weighted by atomic mass is 19.4. The lowest BCUT2D eigenvalue weighted by Crippen LogP contribution is -2.48. The number of amides is 3. The zero-order valence-electron chi connectivity index (χ0n) is 16.5. The number of halogens is 3. The molecule has 3 N–H and O–H groups in total. The molecular weight excluding hydrogens is 399 g/mol. The standard InChI is InChI=1S/C20H22F3N5O2/c1-3-19(12-16(29)27(2)17(24)26-19)13-7-6-8-14(11-13)25-18(30)28-10-5-4-9-15(28)20(21,22)23/h4-9,11H,3,10,12H2,1-2H3,(H2,24,26)(H,25,30)/t19-/m0/s1. The van der Waals surface area contributed by atoms with Crippen LogP contribution in [0.25, 0.3) is 0 Å². The molecule has 1 atom stereocenters. The third-order valence-electron chi connectivity index (χ3n) is 5.23. The average molecular weight is 421 g/mol. The second-order valence-corrected chi connectivity index (χ2v) is 7.08. The number of urea groups is 1. The summed E-state index contributed by atoms with van der Waals surface area (Å²) in [7, 11) is 1.54. The lowest BCUT2D eigenvalue weighted by atomic mass is 9.83. The van der Waals surface area contributed by atoms with E-state index in [0.717, 1.165) is 6.08 Å². The molecule has 1 aromatic carbocycles. The number of carbonyl (C=O) groups excluding carboxylic acids is 2. The number of hydrogen-bond donors (Lipinski definition) is 2. The Labute approximate surface area is 171 Å². The van der Waals surface area contributed by atoms with Crippen molar-refractivity contribution in [2.45, 2.75) is 31.5 Å². The Bertz CT molecular complexity index is 954. The van der Waals surface area contributed by atoms with Crippen molar-refractivity contribution in [2.75, 3.05) is 18.9 Å². The molecule has 0 saturated carbocycles. The number of nitrogens with zero attached hydrogens (tertiary/aromatic N) is 3. The summed E-state index contributed by atoms with van der Waals surface area (Å²) in [6, 6.07) is 5.65. The van der Waals surface area contributed by atoms with Gasteiger partial charge < -0.3 is 11.1 Å². The molecular formula is C20H22F3N5O2. The van der Waals surface area contributed by atoms with Gasteiger partial charge in [-0.1, -0.05) is 31.2 Å². The normalized spacial score (nSPS) is 22.0. The van der Waals surface area contributed by atoms with Crippen LogP contribution in [-0.2, 0) is 10.3 Å². The molecule has 0 spiro atoms. The molecule has 10 heteroatoms. The van der Waals surface area contributed by atoms with Gasteiger partial charge in [-0.15, -0.1) is 0 Å². The summed E-state index contributed by atoms with van der Waals surface area (Å²) < 4.78 is 39.6. The van der Waals surface area contributed by atoms with Crippen LogP contribution in [0.15, 0.2) is 53.2 Å². The van der Waals surface area contributed by atoms with Crippen molar-refractivity contribution in [1.82, 2.24) is 9.80 Å². The van der Waals surface area contributed by atoms with E-state index >= 15 is 0 Å². The quantitative estimate of drug-likeness (QED) is 0.785. The van der Waals surface area contributed by atoms with Crippen LogP contribution in [0.3, 0.4) is 0 Å². The van der Waals surface area contributed by atoms with Crippen LogP contribution in [0.1, 0.15) is 25.3 Å². The summed E-state index contributed by atoms with van der Waals surface area (Å²) in [6.07, 6.45) is -0.514. The lowest BCUT2D eigenvalue weighted by Gasteiger charge is -2.36. The fourth-order valence-electron chi connectivity index (χ4n) is 3.44. The Morgan fingerprint density at radius 3 is 2.73 bits per heavy atom. The van der Waals surface area contributed by atoms with E-state index in [1.165, 1.54) is 24.1 Å². The monoisotopic (exact) mass is 421 g/mol. The van der Waals surface area contributed by atoms with E-state index in [1.807, 2.05) is 6.92 Å². The molecule has 0 fully saturated rings. The third kappa shape index (κ3) is 4.03. The second kappa shape index (κ2) is 7.85. The smallest absolute Gasteiger partial charge is 0.369 e. The molecule has 0 bridgehead atoms. The van der Waals surface area contributed by atoms with Crippen molar-refractivity contribution >= 4 is 23.6 Å². The Balaban J connectivity index is 1.87. The number of hydrogen-bond acceptors (Lipinski definition) is 4. The van der Waals surface area contributed by atoms with Gasteiger partial charge in [0.1, 0.15) is 5.70 Å². The van der Waals surface area contributed by atoms with E-state index in [0.29, 0.717) is 22.6 Å². The fraction of sp³-hybridized carbons (Fsp3) is 0.350. The topological polar surface area (TPSA) is 91.0 Å². The number of allylic oxidation sites excluding steroid dienone is 3. The molecule has 2 aliphatic heterocycles. The molecule has 2 heterocycles. The van der Waals surface area contributed by atoms with Crippen molar-refractivity contribution < 1.29 is 22.8 Å². The maximum Gasteiger partial charge on any atom is 0.431 e. The number of anilines is 1. The van der Waals surface area contributed by atoms with Gasteiger partial charge in [0, 0.05) is 19.3 Å². The maximum atomic E-state index is 13.2. The number of rotatable bonds is 3. The zero-order valence-corrected chi connectivity index (χ0v) is 16.5. The number of nitrogens with one attached hydrogen (secondary N) is 1. The van der Waals surface area contributed by atoms with Crippen molar-refractivity contribution in [3.8, 4) is 0 Å². The van der Waals surface area contributed by atoms with Gasteiger partial charge >= 0.3 is 12.2 Å². The number of nitrogens with two attached hydrogens (primary N) is 1. The summed E-state index contributed by atoms with van der Waals surface area (Å²) in [4.78, 5) is 31.3. The van der Waals surface area contributed by atoms with Crippen molar-refractivity contribution in [1.29, 1.82) is 0 Å². The van der Waals surface area contributed by atoms with Crippen LogP contribution in [0.5, 0.6) is 0 Å². The highest BCUT2D eigenvalue weighted by Gasteiger charge is 2.41. The Morgan fingerprint density at radius 2 is 2.10 bits per heavy atom. The van der Waals surface area contributed by atoms with E-state index in [-0.39, 0.29) is 24.8 Å². The third-order valence-corrected chi connectivity index (χ3v) is 5.23. The fourth-order valence-corrected chi connectivity index (χ4v) is 3.44. The number of aliphatic imine (C=N–C) groups is 1. The van der Waals surface area contributed by atoms with Gasteiger partial charge in [0.25, 0.3) is 0 Å². The second-order valence-electron chi connectivity index (χ2n) is 7.08. The maximum absolute atomic E-state index is 13.2. The van der Waals surface area contributed by atoms with Gasteiger partial charge in [-0.05, 0) is 30.2 Å². The minimum Gasteiger partial charge on any atom is -0.369 e. The van der Waals surface area contributed by atoms with Gasteiger partial charge in [-0.3, -0.25) is 14.6 Å². The van der Waals surface area contributed by atoms with Gasteiger partial charge in [0.2, 0.25) is 5.91 Å². The van der Waals surface area contributed by atoms with Crippen LogP contribution >= 0.6 is 0 Å². The molecule has 1 aromatic rings. The summed E-state index contributed by atoms with van der Waals surface area (Å²) in [5.74, 6) is -0.110. The number of benzene rings is 1. The molecule has 30 heavy (non-hydrogen) atoms. The van der Waals surface area contributed by atoms with E-state index in [4.69, 9.17) is 5.73 Å². The minimum absolute atomic E-state index is 0.0857. The summed E-state index contributed by atoms with van der Waals surface area (Å²) in [6.45, 7) is 1.67. The summed E-state index contributed by atoms with van der Waals surface area (Å²) in [5.41, 5.74) is 4.88. The molecule has 160 valence electrons. The van der Waals surface area contributed by atoms with Gasteiger partial charge in [-0.25, -0.2) is 9.79 Å². The Morgan fingerprint density at radius 1 is 1.37 bits per heavy atom. The minimum atomic E-state index is -4.66. The number of guanidine groups is 1. The molecule has 3 rings (SSSR count). The summed E-state index contributed by atoms with van der Waals surface area (Å²) >= 11 is 0. The Kier molecular flexibility index (Phi) is 5.60. The van der Waals surface area contributed by atoms with Crippen molar-refractivity contribution in [3.63, 3.8) is 0 Å². The zero-order chi connectivity index (χ0) is 22.1. The van der Waals surface area contributed by atoms with Gasteiger partial charge in [0.15, 0.2) is 5.96 Å². The van der Waals surface area contributed by atoms with Crippen LogP contribution < -0.4 is 11.1 Å². The van der Waals surface area contributed by atoms with Crippen LogP contribution in [-0.4, -0.2) is 47.5 Å². The van der Waals surface area contributed by atoms with Crippen molar-refractivity contribution in [2.24, 2.45) is 10.7 Å². The van der Waals surface area contributed by atoms with Gasteiger partial charge in [-0.2, -0.15) is 13.2 Å². The molecule has 0 aliphatic carbocycles. The first-order chi connectivity index (χ1) is 14.1. The van der Waals surface area contributed by atoms with E-state index in [9.17, 15) is 22.8 Å². The largest absolute Gasteiger partial charge is 0.431 e. The van der Waals surface area contributed by atoms with Crippen LogP contribution in [0.2, 0.25) is 0 Å². The highest BCUT2D eigenvalue weighted by Crippen LogP contribution is 2.37. The molecule has 7 nitrogen and oxygen atoms in total. The number of alkyl halides is 3. The molecule has 2 aliphatic rings.